The Bertz CT molecular complexity index is 5380. The number of ether oxygens (including phenoxy) is 2. The minimum Gasteiger partial charge on any atom is -0.481 e. The van der Waals surface area contributed by atoms with Gasteiger partial charge in [0.15, 0.2) is 0 Å². The number of benzene rings is 4. The van der Waals surface area contributed by atoms with Gasteiger partial charge in [-0.1, -0.05) is 262 Å². The standard InChI is InChI=1S/C43H57BO4.C38H54O5S.C36H51BO4/c1-28(2)32-19-24-43(38(45)48-27-29-11-9-8-10-12-29)26-25-41(6)34(37(32)43)17-18-36-40(5)22-20-33(30-13-15-31(16-14-30)44(46)47)39(3,4)35(40)21-23-42(36,41)7;1-25(2)27-16-21-38(33(39)42-24-26-12-10-9-11-13-26)23-22-36(6)28(32(27)38)14-15-30-35(5)19-18-31(43-44(8,40)41)34(3,4)29(35)17-20-37(30,36)7;1-22(2)25-14-19-36(31(38)39)21-20-34(6)27(30(25)36)12-13-29-33(5)17-15-26(23-8-10-24(11-9-23)37(40)41)32(3,4)28(33)16-18-35(29,34)7/h8-16,20,32,34-37,46-47H,1,17-19,21-27H2,2-7H3;9-13,18,27-30,32H,1,14-17,19-24H2,2-8H3;8-11,15,25,27-30,40-41H,1,12-14,16-21H2,2-7H3,(H,38,39)/t32-,34+,35-,36+,37+,40-,41+,42+,43-;27-,28+,29-,30+,32+,35-,36+,37+,38-;25-,27+,28-,29+,30+,33-,34+,35+,36-/m000/s1. The van der Waals surface area contributed by atoms with Crippen molar-refractivity contribution in [2.75, 3.05) is 6.26 Å². The second-order valence-corrected chi connectivity index (χ2v) is 52.4. The van der Waals surface area contributed by atoms with Crippen LogP contribution in [0.4, 0.5) is 0 Å². The minimum absolute atomic E-state index is 0.00611. The van der Waals surface area contributed by atoms with Crippen molar-refractivity contribution in [3.63, 3.8) is 0 Å². The quantitative estimate of drug-likeness (QED) is 0.0306. The predicted octanol–water partition coefficient (Wildman–Crippen LogP) is 24.7. The Labute approximate surface area is 800 Å². The van der Waals surface area contributed by atoms with Crippen LogP contribution in [0.5, 0.6) is 0 Å². The van der Waals surface area contributed by atoms with Crippen molar-refractivity contribution in [2.24, 2.45) is 170 Å². The van der Waals surface area contributed by atoms with Gasteiger partial charge < -0.3 is 38.9 Å². The first kappa shape index (κ1) is 98.1. The Morgan fingerprint density at radius 1 is 0.368 bits per heavy atom. The Morgan fingerprint density at radius 2 is 0.677 bits per heavy atom. The molecule has 27 atom stereocenters. The van der Waals surface area contributed by atoms with E-state index < -0.39 is 46.6 Å². The normalized spacial score (nSPS) is 42.1. The lowest BCUT2D eigenvalue weighted by Gasteiger charge is -2.72. The Balaban J connectivity index is 0.000000140. The third kappa shape index (κ3) is 15.0. The number of carbonyl (C=O) groups excluding carboxylic acids is 2. The third-order valence-corrected chi connectivity index (χ3v) is 45.3. The van der Waals surface area contributed by atoms with Crippen LogP contribution in [0.25, 0.3) is 11.1 Å². The maximum atomic E-state index is 14.3. The van der Waals surface area contributed by atoms with Crippen LogP contribution in [0.15, 0.2) is 170 Å². The van der Waals surface area contributed by atoms with Gasteiger partial charge in [0.05, 0.1) is 22.5 Å². The van der Waals surface area contributed by atoms with Gasteiger partial charge >= 0.3 is 42.3 Å². The number of hydrogen-bond donors (Lipinski definition) is 5. The highest BCUT2D eigenvalue weighted by atomic mass is 32.2. The van der Waals surface area contributed by atoms with Crippen molar-refractivity contribution in [3.05, 3.63) is 192 Å². The smallest absolute Gasteiger partial charge is 0.481 e. The number of aliphatic carboxylic acids is 1. The Morgan fingerprint density at radius 3 is 0.992 bits per heavy atom. The highest BCUT2D eigenvalue weighted by Crippen LogP contribution is 2.83. The van der Waals surface area contributed by atoms with Crippen molar-refractivity contribution in [2.45, 2.75) is 311 Å². The maximum absolute atomic E-state index is 14.3. The zero-order valence-electron chi connectivity index (χ0n) is 84.5. The minimum atomic E-state index is -3.58. The van der Waals surface area contributed by atoms with Gasteiger partial charge in [-0.2, -0.15) is 8.42 Å². The van der Waals surface area contributed by atoms with Gasteiger partial charge in [-0.25, -0.2) is 0 Å². The van der Waals surface area contributed by atoms with Crippen LogP contribution in [0.1, 0.15) is 320 Å². The van der Waals surface area contributed by atoms with E-state index in [4.69, 9.17) is 13.7 Å². The van der Waals surface area contributed by atoms with E-state index in [1.165, 1.54) is 83.9 Å². The summed E-state index contributed by atoms with van der Waals surface area (Å²) in [6.45, 7) is 58.0. The number of carboxylic acid groups (broad SMARTS) is 1. The molecular formula is C117H162B2O13S. The molecule has 720 valence electrons. The molecule has 0 aliphatic heterocycles. The van der Waals surface area contributed by atoms with Crippen molar-refractivity contribution in [1.29, 1.82) is 0 Å². The molecule has 0 aromatic heterocycles. The number of fused-ring (bicyclic) bond motifs is 21. The summed E-state index contributed by atoms with van der Waals surface area (Å²) < 4.78 is 42.3. The van der Waals surface area contributed by atoms with Gasteiger partial charge in [-0.3, -0.25) is 14.4 Å². The number of rotatable bonds is 16. The van der Waals surface area contributed by atoms with Crippen molar-refractivity contribution in [3.8, 4) is 0 Å². The fourth-order valence-electron chi connectivity index (χ4n) is 38.0. The molecule has 4 aromatic rings. The molecule has 0 heterocycles. The van der Waals surface area contributed by atoms with Crippen LogP contribution in [-0.4, -0.2) is 72.0 Å². The van der Waals surface area contributed by atoms with Gasteiger partial charge in [0.1, 0.15) is 19.0 Å². The molecule has 0 spiro atoms. The van der Waals surface area contributed by atoms with E-state index in [9.17, 15) is 48.0 Å². The molecule has 0 bridgehead atoms. The molecule has 5 N–H and O–H groups in total. The molecule has 0 radical (unpaired) electrons. The van der Waals surface area contributed by atoms with Crippen molar-refractivity contribution in [1.82, 2.24) is 0 Å². The molecule has 133 heavy (non-hydrogen) atoms. The topological polar surface area (TPSA) is 214 Å². The first-order chi connectivity index (χ1) is 62.3. The van der Waals surface area contributed by atoms with Crippen LogP contribution in [0, 0.1) is 170 Å². The Hall–Kier alpha value is -6.55. The van der Waals surface area contributed by atoms with Crippen LogP contribution in [-0.2, 0) is 51.4 Å². The van der Waals surface area contributed by atoms with E-state index in [1.54, 1.807) is 0 Å². The SMILES string of the molecule is C=C(C)[C@@H]1CC[C@]2(C(=O)O)CC[C@]3(C)[C@H](CC[C@@H]4[C@@]5(C)CC=C(c6ccc(B(O)O)cc6)C(C)(C)[C@@H]5CC[C@]43C)[C@@H]12.C=C(C)[C@@H]1CC[C@]2(C(=O)OCc3ccccc3)CC[C@]3(C)[C@H](CC[C@@H]4[C@@]5(C)CC=C(OS(C)(=O)=O)C(C)(C)[C@@H]5CC[C@]43C)[C@@H]12.C=C(C)[C@@H]1CC[C@]2(C(=O)OCc3ccccc3)CC[C@]3(C)[C@H](CC[C@@H]4[C@@]5(C)CC=C(c6ccc(B(O)O)cc6)C(C)(C)[C@@H]5CC[C@]43C)[C@@H]12. The van der Waals surface area contributed by atoms with Crippen molar-refractivity contribution >= 4 is 64.3 Å². The van der Waals surface area contributed by atoms with Crippen molar-refractivity contribution < 1.29 is 61.7 Å². The van der Waals surface area contributed by atoms with E-state index in [2.05, 4.69) is 187 Å². The molecule has 13 nitrogen and oxygen atoms in total. The second kappa shape index (κ2) is 34.2. The van der Waals surface area contributed by atoms with Gasteiger partial charge in [-0.15, -0.1) is 0 Å². The average molecular weight is 1830 g/mol. The number of hydrogen-bond acceptors (Lipinski definition) is 12. The van der Waals surface area contributed by atoms with Crippen LogP contribution < -0.4 is 10.9 Å². The Kier molecular flexibility index (Phi) is 25.2. The molecule has 0 saturated heterocycles. The third-order valence-electron chi connectivity index (χ3n) is 44.8. The number of allylic oxidation sites excluding steroid dienone is 9. The zero-order chi connectivity index (χ0) is 96.0. The zero-order valence-corrected chi connectivity index (χ0v) is 85.3. The van der Waals surface area contributed by atoms with Gasteiger partial charge in [-0.05, 0) is 393 Å². The summed E-state index contributed by atoms with van der Waals surface area (Å²) in [7, 11) is -6.46. The highest BCUT2D eigenvalue weighted by Gasteiger charge is 2.77. The fraction of sp³-hybridized carbons (Fsp3) is 0.667. The lowest BCUT2D eigenvalue weighted by atomic mass is 9.32. The van der Waals surface area contributed by atoms with E-state index >= 15 is 0 Å². The first-order valence-electron chi connectivity index (χ1n) is 51.9. The summed E-state index contributed by atoms with van der Waals surface area (Å²) in [5.41, 5.74) is 11.6. The number of carbonyl (C=O) groups is 3. The monoisotopic (exact) mass is 1830 g/mol. The number of esters is 2. The summed E-state index contributed by atoms with van der Waals surface area (Å²) in [5.74, 6) is 6.58. The molecule has 12 saturated carbocycles. The molecule has 4 aromatic carbocycles. The maximum Gasteiger partial charge on any atom is 0.488 e. The van der Waals surface area contributed by atoms with E-state index in [-0.39, 0.29) is 88.8 Å². The van der Waals surface area contributed by atoms with E-state index in [0.29, 0.717) is 107 Å². The largest absolute Gasteiger partial charge is 0.488 e. The molecule has 15 aliphatic carbocycles. The van der Waals surface area contributed by atoms with Crippen LogP contribution in [0.3, 0.4) is 0 Å². The lowest BCUT2D eigenvalue weighted by molar-refractivity contribution is -0.232. The molecule has 16 heteroatoms. The fourth-order valence-corrected chi connectivity index (χ4v) is 38.6. The molecule has 15 aliphatic rings. The predicted molar refractivity (Wildman–Crippen MR) is 536 cm³/mol. The summed E-state index contributed by atoms with van der Waals surface area (Å²) in [6.07, 6.45) is 36.8. The van der Waals surface area contributed by atoms with Crippen LogP contribution >= 0.6 is 0 Å². The summed E-state index contributed by atoms with van der Waals surface area (Å²) in [6, 6.07) is 35.8. The van der Waals surface area contributed by atoms with Crippen LogP contribution in [0.2, 0.25) is 0 Å². The van der Waals surface area contributed by atoms with Gasteiger partial charge in [0, 0.05) is 5.41 Å². The molecule has 0 amide bonds. The van der Waals surface area contributed by atoms with Gasteiger partial charge in [0.25, 0.3) is 0 Å². The number of carboxylic acids is 1. The van der Waals surface area contributed by atoms with E-state index in [1.807, 2.05) is 84.9 Å². The first-order valence-corrected chi connectivity index (χ1v) is 53.7. The molecule has 0 unspecified atom stereocenters. The summed E-state index contributed by atoms with van der Waals surface area (Å²) in [5, 5.41) is 49.1. The summed E-state index contributed by atoms with van der Waals surface area (Å²) >= 11 is 0. The van der Waals surface area contributed by atoms with Gasteiger partial charge in [0.2, 0.25) is 0 Å². The average Bonchev–Trinajstić information content (AvgIpc) is 1.67. The lowest BCUT2D eigenvalue weighted by Crippen LogP contribution is -2.66. The molecule has 19 rings (SSSR count). The highest BCUT2D eigenvalue weighted by molar-refractivity contribution is 7.86. The molecular weight excluding hydrogens is 1670 g/mol. The second-order valence-electron chi connectivity index (χ2n) is 50.8. The van der Waals surface area contributed by atoms with E-state index in [0.717, 1.165) is 146 Å². The summed E-state index contributed by atoms with van der Waals surface area (Å²) in [4.78, 5) is 41.4. The molecule has 12 fully saturated rings.